The van der Waals surface area contributed by atoms with Gasteiger partial charge in [-0.2, -0.15) is 0 Å². The van der Waals surface area contributed by atoms with E-state index in [2.05, 4.69) is 4.98 Å². The van der Waals surface area contributed by atoms with Gasteiger partial charge in [-0.15, -0.1) is 11.3 Å². The molecule has 1 N–H and O–H groups in total. The topological polar surface area (TPSA) is 92.9 Å². The van der Waals surface area contributed by atoms with E-state index in [0.29, 0.717) is 27.9 Å². The highest BCUT2D eigenvalue weighted by Crippen LogP contribution is 2.41. The van der Waals surface area contributed by atoms with Crippen molar-refractivity contribution in [3.05, 3.63) is 76.4 Å². The van der Waals surface area contributed by atoms with Crippen LogP contribution < -0.4 is 0 Å². The van der Waals surface area contributed by atoms with Gasteiger partial charge in [0.15, 0.2) is 5.76 Å². The quantitative estimate of drug-likeness (QED) is 0.557. The summed E-state index contributed by atoms with van der Waals surface area (Å²) < 4.78 is 11.3. The molecular formula is C24H22N2O5S. The van der Waals surface area contributed by atoms with Crippen molar-refractivity contribution < 1.29 is 23.8 Å². The summed E-state index contributed by atoms with van der Waals surface area (Å²) in [6.45, 7) is 2.68. The molecule has 0 bridgehead atoms. The first-order valence-corrected chi connectivity index (χ1v) is 11.3. The number of aliphatic hydroxyl groups excluding tert-OH is 1. The predicted molar refractivity (Wildman–Crippen MR) is 118 cm³/mol. The standard InChI is InChI=1S/C24H22N2O5S/c1-14-22(32-23(25-14)15-7-3-2-4-8-15)20(27)18-19(17-10-6-12-31-17)26(24(29)21(18)28)13-16-9-5-11-30-16/h2-4,6-8,10,12,16,19,28H,5,9,11,13H2,1H3. The van der Waals surface area contributed by atoms with E-state index in [-0.39, 0.29) is 18.2 Å². The number of carbonyl (C=O) groups excluding carboxylic acids is 2. The minimum Gasteiger partial charge on any atom is -0.503 e. The van der Waals surface area contributed by atoms with Crippen LogP contribution in [-0.2, 0) is 9.53 Å². The van der Waals surface area contributed by atoms with Crippen molar-refractivity contribution in [1.29, 1.82) is 0 Å². The molecule has 2 aliphatic rings. The average Bonchev–Trinajstić information content (AvgIpc) is 3.60. The van der Waals surface area contributed by atoms with Crippen LogP contribution in [0.25, 0.3) is 10.6 Å². The Kier molecular flexibility index (Phi) is 5.40. The van der Waals surface area contributed by atoms with E-state index < -0.39 is 23.5 Å². The number of thiazole rings is 1. The monoisotopic (exact) mass is 450 g/mol. The number of hydrogen-bond acceptors (Lipinski definition) is 7. The molecule has 1 fully saturated rings. The first-order chi connectivity index (χ1) is 15.5. The van der Waals surface area contributed by atoms with Crippen molar-refractivity contribution in [3.8, 4) is 10.6 Å². The molecule has 1 aromatic carbocycles. The van der Waals surface area contributed by atoms with Gasteiger partial charge in [0.2, 0.25) is 5.78 Å². The second-order valence-corrected chi connectivity index (χ2v) is 8.90. The van der Waals surface area contributed by atoms with Crippen LogP contribution in [0.2, 0.25) is 0 Å². The molecule has 0 radical (unpaired) electrons. The zero-order valence-corrected chi connectivity index (χ0v) is 18.3. The number of aromatic nitrogens is 1. The zero-order chi connectivity index (χ0) is 22.2. The minimum atomic E-state index is -0.809. The summed E-state index contributed by atoms with van der Waals surface area (Å²) >= 11 is 1.25. The summed E-state index contributed by atoms with van der Waals surface area (Å²) in [7, 11) is 0. The molecule has 32 heavy (non-hydrogen) atoms. The number of Topliss-reactive ketones (excluding diaryl/α,β-unsaturated/α-hetero) is 1. The SMILES string of the molecule is Cc1nc(-c2ccccc2)sc1C(=O)C1=C(O)C(=O)N(CC2CCCO2)C1c1ccco1. The number of rotatable bonds is 6. The smallest absolute Gasteiger partial charge is 0.290 e. The fourth-order valence-corrected chi connectivity index (χ4v) is 5.28. The van der Waals surface area contributed by atoms with Crippen LogP contribution >= 0.6 is 11.3 Å². The lowest BCUT2D eigenvalue weighted by molar-refractivity contribution is -0.131. The Labute approximate surface area is 189 Å². The first-order valence-electron chi connectivity index (χ1n) is 10.5. The zero-order valence-electron chi connectivity index (χ0n) is 17.5. The second-order valence-electron chi connectivity index (χ2n) is 7.90. The Balaban J connectivity index is 1.53. The third-order valence-electron chi connectivity index (χ3n) is 5.81. The van der Waals surface area contributed by atoms with Gasteiger partial charge in [-0.25, -0.2) is 4.98 Å². The van der Waals surface area contributed by atoms with E-state index in [1.165, 1.54) is 22.5 Å². The van der Waals surface area contributed by atoms with Crippen molar-refractivity contribution in [2.45, 2.75) is 31.9 Å². The number of carbonyl (C=O) groups is 2. The fraction of sp³-hybridized carbons (Fsp3) is 0.292. The average molecular weight is 451 g/mol. The summed E-state index contributed by atoms with van der Waals surface area (Å²) in [5.74, 6) is -1.11. The maximum absolute atomic E-state index is 13.7. The van der Waals surface area contributed by atoms with Crippen LogP contribution in [-0.4, -0.2) is 45.9 Å². The molecule has 164 valence electrons. The van der Waals surface area contributed by atoms with Gasteiger partial charge in [0.05, 0.1) is 28.5 Å². The highest BCUT2D eigenvalue weighted by molar-refractivity contribution is 7.17. The second kappa shape index (κ2) is 8.37. The molecule has 0 spiro atoms. The molecule has 1 amide bonds. The van der Waals surface area contributed by atoms with Crippen molar-refractivity contribution in [3.63, 3.8) is 0 Å². The molecular weight excluding hydrogens is 428 g/mol. The van der Waals surface area contributed by atoms with Gasteiger partial charge in [-0.1, -0.05) is 30.3 Å². The molecule has 7 nitrogen and oxygen atoms in total. The van der Waals surface area contributed by atoms with E-state index in [1.807, 2.05) is 30.3 Å². The van der Waals surface area contributed by atoms with Crippen molar-refractivity contribution in [2.24, 2.45) is 0 Å². The van der Waals surface area contributed by atoms with Crippen LogP contribution in [0.3, 0.4) is 0 Å². The van der Waals surface area contributed by atoms with E-state index in [4.69, 9.17) is 9.15 Å². The molecule has 2 atom stereocenters. The third kappa shape index (κ3) is 3.55. The maximum atomic E-state index is 13.7. The number of aliphatic hydroxyl groups is 1. The number of furan rings is 1. The number of nitrogens with zero attached hydrogens (tertiary/aromatic N) is 2. The molecule has 3 aromatic rings. The van der Waals surface area contributed by atoms with E-state index >= 15 is 0 Å². The summed E-state index contributed by atoms with van der Waals surface area (Å²) in [6, 6.07) is 12.2. The van der Waals surface area contributed by atoms with Gasteiger partial charge in [0, 0.05) is 18.7 Å². The van der Waals surface area contributed by atoms with Crippen LogP contribution in [0, 0.1) is 6.92 Å². The summed E-state index contributed by atoms with van der Waals surface area (Å²) in [4.78, 5) is 33.1. The maximum Gasteiger partial charge on any atom is 0.290 e. The summed E-state index contributed by atoms with van der Waals surface area (Å²) in [5, 5.41) is 11.5. The number of hydrogen-bond donors (Lipinski definition) is 1. The molecule has 2 aliphatic heterocycles. The number of amides is 1. The van der Waals surface area contributed by atoms with Gasteiger partial charge >= 0.3 is 0 Å². The van der Waals surface area contributed by atoms with Gasteiger partial charge in [-0.3, -0.25) is 9.59 Å². The van der Waals surface area contributed by atoms with Gasteiger partial charge in [0.1, 0.15) is 16.8 Å². The molecule has 1 saturated heterocycles. The lowest BCUT2D eigenvalue weighted by Crippen LogP contribution is -2.37. The molecule has 8 heteroatoms. The van der Waals surface area contributed by atoms with Crippen LogP contribution in [0.1, 0.15) is 40.0 Å². The predicted octanol–water partition coefficient (Wildman–Crippen LogP) is 4.47. The Bertz CT molecular complexity index is 1180. The van der Waals surface area contributed by atoms with Crippen molar-refractivity contribution >= 4 is 23.0 Å². The number of benzene rings is 1. The number of ketones is 1. The van der Waals surface area contributed by atoms with Gasteiger partial charge in [-0.05, 0) is 31.9 Å². The highest BCUT2D eigenvalue weighted by atomic mass is 32.1. The Morgan fingerprint density at radius 2 is 2.06 bits per heavy atom. The first kappa shape index (κ1) is 20.7. The third-order valence-corrected chi connectivity index (χ3v) is 7.01. The molecule has 0 saturated carbocycles. The van der Waals surface area contributed by atoms with Crippen molar-refractivity contribution in [1.82, 2.24) is 9.88 Å². The van der Waals surface area contributed by atoms with Gasteiger partial charge < -0.3 is 19.2 Å². The molecule has 5 rings (SSSR count). The highest BCUT2D eigenvalue weighted by Gasteiger charge is 2.46. The molecule has 0 aliphatic carbocycles. The molecule has 2 aromatic heterocycles. The normalized spacial score (nSPS) is 21.0. The fourth-order valence-electron chi connectivity index (χ4n) is 4.26. The van der Waals surface area contributed by atoms with E-state index in [9.17, 15) is 14.7 Å². The van der Waals surface area contributed by atoms with Crippen LogP contribution in [0.5, 0.6) is 0 Å². The van der Waals surface area contributed by atoms with Crippen LogP contribution in [0.15, 0.2) is 64.5 Å². The van der Waals surface area contributed by atoms with Crippen molar-refractivity contribution in [2.75, 3.05) is 13.2 Å². The van der Waals surface area contributed by atoms with Crippen LogP contribution in [0.4, 0.5) is 0 Å². The van der Waals surface area contributed by atoms with E-state index in [0.717, 1.165) is 18.4 Å². The summed E-state index contributed by atoms with van der Waals surface area (Å²) in [6.07, 6.45) is 3.11. The Morgan fingerprint density at radius 3 is 2.75 bits per heavy atom. The lowest BCUT2D eigenvalue weighted by Gasteiger charge is -2.27. The number of ether oxygens (including phenoxy) is 1. The summed E-state index contributed by atoms with van der Waals surface area (Å²) in [5.41, 5.74) is 1.49. The minimum absolute atomic E-state index is 0.0225. The molecule has 2 unspecified atom stereocenters. The van der Waals surface area contributed by atoms with E-state index in [1.54, 1.807) is 19.1 Å². The Hall–Kier alpha value is -3.23. The molecule has 4 heterocycles. The lowest BCUT2D eigenvalue weighted by atomic mass is 9.99. The Morgan fingerprint density at radius 1 is 1.25 bits per heavy atom. The van der Waals surface area contributed by atoms with Gasteiger partial charge in [0.25, 0.3) is 5.91 Å². The number of aryl methyl sites for hydroxylation is 1. The largest absolute Gasteiger partial charge is 0.503 e.